The standard InChI is InChI=1S/C42H49N7O3/c1-5-20-44-41(2)18-24-48(25-19-41)31-16-22-49(23-17-31)40-45-36-14-11-29(35-27-47(3)39(50)37-33(35)15-21-43-37)26-34(36)38(46-40)42(28-51-4,52-32-12-13-32)30-9-7-6-8-10-30/h1,6-11,14-15,21,26-27,31-32,43-44H,12-13,16-20,22-25,28H2,2-4H3. The molecule has 0 spiro atoms. The fraction of sp³-hybridized carbons (Fsp3) is 0.452. The Morgan fingerprint density at radius 3 is 2.50 bits per heavy atom. The van der Waals surface area contributed by atoms with Gasteiger partial charge < -0.3 is 34.1 Å². The highest BCUT2D eigenvalue weighted by Gasteiger charge is 2.44. The maximum Gasteiger partial charge on any atom is 0.274 e. The van der Waals surface area contributed by atoms with E-state index in [1.807, 2.05) is 24.5 Å². The van der Waals surface area contributed by atoms with Crippen molar-refractivity contribution in [2.45, 2.75) is 68.7 Å². The van der Waals surface area contributed by atoms with Crippen LogP contribution in [0.15, 0.2) is 71.8 Å². The van der Waals surface area contributed by atoms with Crippen molar-refractivity contribution in [1.82, 2.24) is 29.7 Å². The fourth-order valence-electron chi connectivity index (χ4n) is 8.31. The van der Waals surface area contributed by atoms with E-state index >= 15 is 0 Å². The molecule has 0 radical (unpaired) electrons. The summed E-state index contributed by atoms with van der Waals surface area (Å²) in [5, 5.41) is 5.36. The number of nitrogens with zero attached hydrogens (tertiary/aromatic N) is 5. The molecular formula is C42H49N7O3. The highest BCUT2D eigenvalue weighted by Crippen LogP contribution is 2.44. The molecule has 3 aliphatic rings. The first-order valence-corrected chi connectivity index (χ1v) is 18.7. The monoisotopic (exact) mass is 699 g/mol. The van der Waals surface area contributed by atoms with Crippen molar-refractivity contribution in [2.24, 2.45) is 7.05 Å². The third-order valence-corrected chi connectivity index (χ3v) is 11.5. The third-order valence-electron chi connectivity index (χ3n) is 11.5. The minimum Gasteiger partial charge on any atom is -0.381 e. The molecule has 10 nitrogen and oxygen atoms in total. The number of pyridine rings is 1. The highest BCUT2D eigenvalue weighted by molar-refractivity contribution is 5.97. The fourth-order valence-corrected chi connectivity index (χ4v) is 8.31. The second kappa shape index (κ2) is 14.1. The molecule has 2 aromatic carbocycles. The van der Waals surface area contributed by atoms with Gasteiger partial charge in [0.25, 0.3) is 5.56 Å². The van der Waals surface area contributed by atoms with E-state index in [0.717, 1.165) is 109 Å². The van der Waals surface area contributed by atoms with Crippen molar-refractivity contribution < 1.29 is 9.47 Å². The van der Waals surface area contributed by atoms with Crippen LogP contribution < -0.4 is 15.8 Å². The van der Waals surface area contributed by atoms with E-state index in [4.69, 9.17) is 25.9 Å². The quantitative estimate of drug-likeness (QED) is 0.172. The molecular weight excluding hydrogens is 651 g/mol. The van der Waals surface area contributed by atoms with Crippen LogP contribution in [0.25, 0.3) is 32.9 Å². The van der Waals surface area contributed by atoms with Crippen molar-refractivity contribution in [3.05, 3.63) is 88.6 Å². The van der Waals surface area contributed by atoms with Gasteiger partial charge in [-0.05, 0) is 74.8 Å². The van der Waals surface area contributed by atoms with Crippen molar-refractivity contribution in [1.29, 1.82) is 0 Å². The number of benzene rings is 2. The Balaban J connectivity index is 1.19. The smallest absolute Gasteiger partial charge is 0.274 e. The van der Waals surface area contributed by atoms with Crippen LogP contribution in [0.4, 0.5) is 5.95 Å². The summed E-state index contributed by atoms with van der Waals surface area (Å²) in [5.74, 6) is 3.46. The molecule has 5 heterocycles. The summed E-state index contributed by atoms with van der Waals surface area (Å²) in [7, 11) is 3.52. The predicted octanol–water partition coefficient (Wildman–Crippen LogP) is 5.59. The topological polar surface area (TPSA) is 101 Å². The predicted molar refractivity (Wildman–Crippen MR) is 207 cm³/mol. The number of rotatable bonds is 11. The molecule has 1 atom stereocenters. The number of anilines is 1. The van der Waals surface area contributed by atoms with Gasteiger partial charge in [-0.25, -0.2) is 9.97 Å². The van der Waals surface area contributed by atoms with Crippen molar-refractivity contribution >= 4 is 27.8 Å². The molecule has 1 saturated carbocycles. The molecule has 10 heteroatoms. The van der Waals surface area contributed by atoms with E-state index in [-0.39, 0.29) is 17.2 Å². The van der Waals surface area contributed by atoms with Gasteiger partial charge in [0, 0.05) is 80.6 Å². The van der Waals surface area contributed by atoms with Crippen LogP contribution in [0.1, 0.15) is 56.7 Å². The summed E-state index contributed by atoms with van der Waals surface area (Å²) in [5.41, 5.74) is 4.29. The van der Waals surface area contributed by atoms with E-state index in [2.05, 4.69) is 75.4 Å². The molecule has 3 fully saturated rings. The van der Waals surface area contributed by atoms with Gasteiger partial charge in [0.1, 0.15) is 5.52 Å². The first kappa shape index (κ1) is 34.6. The molecule has 2 N–H and O–H groups in total. The van der Waals surface area contributed by atoms with Gasteiger partial charge in [-0.15, -0.1) is 6.42 Å². The summed E-state index contributed by atoms with van der Waals surface area (Å²) >= 11 is 0. The largest absolute Gasteiger partial charge is 0.381 e. The van der Waals surface area contributed by atoms with Crippen LogP contribution in [0, 0.1) is 12.3 Å². The van der Waals surface area contributed by atoms with E-state index in [9.17, 15) is 4.79 Å². The average molecular weight is 700 g/mol. The SMILES string of the molecule is C#CCNC1(C)CCN(C2CCN(c3nc(C(COC)(OC4CC4)c4ccccc4)c4cc(-c5cn(C)c(=O)c6[nH]ccc56)ccc4n3)CC2)CC1. The average Bonchev–Trinajstić information content (AvgIpc) is 3.86. The van der Waals surface area contributed by atoms with Crippen LogP contribution in [0.3, 0.4) is 0 Å². The second-order valence-corrected chi connectivity index (χ2v) is 15.1. The van der Waals surface area contributed by atoms with Crippen LogP contribution in [-0.2, 0) is 22.1 Å². The number of hydrogen-bond acceptors (Lipinski definition) is 8. The van der Waals surface area contributed by atoms with Crippen LogP contribution in [0.2, 0.25) is 0 Å². The van der Waals surface area contributed by atoms with E-state index in [1.165, 1.54) is 0 Å². The van der Waals surface area contributed by atoms with Gasteiger partial charge in [-0.1, -0.05) is 42.3 Å². The van der Waals surface area contributed by atoms with Gasteiger partial charge in [0.05, 0.1) is 30.5 Å². The number of fused-ring (bicyclic) bond motifs is 2. The second-order valence-electron chi connectivity index (χ2n) is 15.1. The number of piperidine rings is 2. The third kappa shape index (κ3) is 6.52. The number of aryl methyl sites for hydroxylation is 1. The Bertz CT molecular complexity index is 2150. The summed E-state index contributed by atoms with van der Waals surface area (Å²) in [4.78, 5) is 31.8. The highest BCUT2D eigenvalue weighted by atomic mass is 16.5. The van der Waals surface area contributed by atoms with Crippen LogP contribution in [-0.4, -0.2) is 88.5 Å². The van der Waals surface area contributed by atoms with Gasteiger partial charge in [0.15, 0.2) is 5.60 Å². The molecule has 1 aliphatic carbocycles. The number of H-pyrrole nitrogens is 1. The van der Waals surface area contributed by atoms with E-state index < -0.39 is 5.60 Å². The normalized spacial score (nSPS) is 19.5. The first-order chi connectivity index (χ1) is 25.3. The minimum absolute atomic E-state index is 0.0566. The lowest BCUT2D eigenvalue weighted by Crippen LogP contribution is -2.55. The maximum atomic E-state index is 12.9. The lowest BCUT2D eigenvalue weighted by Gasteiger charge is -2.45. The zero-order valence-corrected chi connectivity index (χ0v) is 30.5. The maximum absolute atomic E-state index is 12.9. The summed E-state index contributed by atoms with van der Waals surface area (Å²) in [6.07, 6.45) is 15.7. The zero-order chi connectivity index (χ0) is 35.9. The van der Waals surface area contributed by atoms with Gasteiger partial charge >= 0.3 is 0 Å². The molecule has 2 aliphatic heterocycles. The molecule has 52 heavy (non-hydrogen) atoms. The van der Waals surface area contributed by atoms with E-state index in [0.29, 0.717) is 24.7 Å². The van der Waals surface area contributed by atoms with Crippen molar-refractivity contribution in [3.63, 3.8) is 0 Å². The molecule has 1 unspecified atom stereocenters. The molecule has 0 bridgehead atoms. The number of terminal acetylenes is 1. The zero-order valence-electron chi connectivity index (χ0n) is 30.5. The van der Waals surface area contributed by atoms with E-state index in [1.54, 1.807) is 18.7 Å². The first-order valence-electron chi connectivity index (χ1n) is 18.7. The lowest BCUT2D eigenvalue weighted by molar-refractivity contribution is -0.0774. The number of methoxy groups -OCH3 is 1. The lowest BCUT2D eigenvalue weighted by atomic mass is 9.87. The minimum atomic E-state index is -0.953. The molecule has 270 valence electrons. The van der Waals surface area contributed by atoms with Crippen LogP contribution in [0.5, 0.6) is 0 Å². The Kier molecular flexibility index (Phi) is 9.39. The van der Waals surface area contributed by atoms with Crippen LogP contribution >= 0.6 is 0 Å². The van der Waals surface area contributed by atoms with Gasteiger partial charge in [-0.2, -0.15) is 0 Å². The Hall–Kier alpha value is -4.53. The Labute approximate surface area is 305 Å². The number of likely N-dealkylation sites (tertiary alicyclic amines) is 1. The molecule has 3 aromatic heterocycles. The molecule has 5 aromatic rings. The number of nitrogens with one attached hydrogen (secondary N) is 2. The number of aromatic amines is 1. The summed E-state index contributed by atoms with van der Waals surface area (Å²) in [6.45, 7) is 7.15. The Morgan fingerprint density at radius 2 is 1.79 bits per heavy atom. The number of ether oxygens (including phenoxy) is 2. The van der Waals surface area contributed by atoms with Crippen molar-refractivity contribution in [3.8, 4) is 23.5 Å². The Morgan fingerprint density at radius 1 is 1.02 bits per heavy atom. The molecule has 0 amide bonds. The van der Waals surface area contributed by atoms with Gasteiger partial charge in [-0.3, -0.25) is 4.79 Å². The number of aromatic nitrogens is 4. The van der Waals surface area contributed by atoms with Crippen molar-refractivity contribution in [2.75, 3.05) is 51.3 Å². The molecule has 2 saturated heterocycles. The molecule has 8 rings (SSSR count). The summed E-state index contributed by atoms with van der Waals surface area (Å²) < 4.78 is 14.7. The number of hydrogen-bond donors (Lipinski definition) is 2. The van der Waals surface area contributed by atoms with Gasteiger partial charge in [0.2, 0.25) is 5.95 Å². The summed E-state index contributed by atoms with van der Waals surface area (Å²) in [6, 6.07) is 19.2.